The summed E-state index contributed by atoms with van der Waals surface area (Å²) in [7, 11) is 1.65. The fraction of sp³-hybridized carbons (Fsp3) is 0.933. The van der Waals surface area contributed by atoms with Crippen molar-refractivity contribution < 1.29 is 24.1 Å². The maximum atomic E-state index is 10.7. The molecule has 1 N–H and O–H groups in total. The topological polar surface area (TPSA) is 68.2 Å². The van der Waals surface area contributed by atoms with Crippen LogP contribution in [0.25, 0.3) is 0 Å². The van der Waals surface area contributed by atoms with Crippen LogP contribution in [0.1, 0.15) is 32.1 Å². The van der Waals surface area contributed by atoms with Crippen molar-refractivity contribution in [1.82, 2.24) is 4.90 Å². The van der Waals surface area contributed by atoms with Gasteiger partial charge in [-0.1, -0.05) is 6.42 Å². The first-order valence-corrected chi connectivity index (χ1v) is 7.84. The van der Waals surface area contributed by atoms with Crippen molar-refractivity contribution in [1.29, 1.82) is 0 Å². The summed E-state index contributed by atoms with van der Waals surface area (Å²) in [6, 6.07) is 0.399. The van der Waals surface area contributed by atoms with Crippen molar-refractivity contribution in [2.24, 2.45) is 0 Å². The number of hydrogen-bond donors (Lipinski definition) is 1. The number of methoxy groups -OCH3 is 1. The van der Waals surface area contributed by atoms with Crippen molar-refractivity contribution in [3.05, 3.63) is 0 Å². The van der Waals surface area contributed by atoms with Crippen LogP contribution < -0.4 is 0 Å². The Bertz CT molecular complexity index is 275. The molecule has 21 heavy (non-hydrogen) atoms. The Hall–Kier alpha value is -0.690. The molecule has 1 aliphatic heterocycles. The standard InChI is InChI=1S/C15H29NO5/c1-19-10-11-21-13-12-20-9-8-16-7-3-2-4-14(16)5-6-15(17)18/h14H,2-13H2,1H3,(H,17,18). The summed E-state index contributed by atoms with van der Waals surface area (Å²) in [6.45, 7) is 5.00. The van der Waals surface area contributed by atoms with Crippen molar-refractivity contribution in [2.45, 2.75) is 38.1 Å². The predicted molar refractivity (Wildman–Crippen MR) is 79.6 cm³/mol. The molecule has 0 aliphatic carbocycles. The lowest BCUT2D eigenvalue weighted by atomic mass is 9.98. The number of carbonyl (C=O) groups is 1. The minimum absolute atomic E-state index is 0.259. The highest BCUT2D eigenvalue weighted by atomic mass is 16.5. The van der Waals surface area contributed by atoms with Gasteiger partial charge in [-0.25, -0.2) is 0 Å². The van der Waals surface area contributed by atoms with Crippen LogP contribution in [0.3, 0.4) is 0 Å². The van der Waals surface area contributed by atoms with Crippen LogP contribution in [0, 0.1) is 0 Å². The van der Waals surface area contributed by atoms with E-state index in [9.17, 15) is 4.79 Å². The van der Waals surface area contributed by atoms with Crippen LogP contribution in [-0.2, 0) is 19.0 Å². The summed E-state index contributed by atoms with van der Waals surface area (Å²) >= 11 is 0. The molecule has 1 heterocycles. The van der Waals surface area contributed by atoms with Crippen LogP contribution in [0.15, 0.2) is 0 Å². The Morgan fingerprint density at radius 1 is 1.14 bits per heavy atom. The van der Waals surface area contributed by atoms with E-state index in [0.29, 0.717) is 39.1 Å². The summed E-state index contributed by atoms with van der Waals surface area (Å²) in [5.74, 6) is -0.704. The van der Waals surface area contributed by atoms with Gasteiger partial charge in [0.2, 0.25) is 0 Å². The molecule has 0 radical (unpaired) electrons. The third kappa shape index (κ3) is 9.03. The molecule has 1 saturated heterocycles. The molecule has 0 amide bonds. The maximum Gasteiger partial charge on any atom is 0.303 e. The van der Waals surface area contributed by atoms with Gasteiger partial charge >= 0.3 is 5.97 Å². The van der Waals surface area contributed by atoms with Crippen LogP contribution in [0.2, 0.25) is 0 Å². The Balaban J connectivity index is 2.06. The molecular formula is C15H29NO5. The molecule has 0 saturated carbocycles. The van der Waals surface area contributed by atoms with Gasteiger partial charge in [-0.15, -0.1) is 0 Å². The Morgan fingerprint density at radius 2 is 1.86 bits per heavy atom. The number of carboxylic acids is 1. The van der Waals surface area contributed by atoms with Gasteiger partial charge in [-0.2, -0.15) is 0 Å². The number of piperidine rings is 1. The molecule has 0 aromatic heterocycles. The average molecular weight is 303 g/mol. The van der Waals surface area contributed by atoms with Gasteiger partial charge < -0.3 is 19.3 Å². The monoisotopic (exact) mass is 303 g/mol. The largest absolute Gasteiger partial charge is 0.481 e. The Morgan fingerprint density at radius 3 is 2.57 bits per heavy atom. The van der Waals surface area contributed by atoms with E-state index in [-0.39, 0.29) is 6.42 Å². The fourth-order valence-electron chi connectivity index (χ4n) is 2.62. The zero-order valence-corrected chi connectivity index (χ0v) is 13.1. The van der Waals surface area contributed by atoms with Gasteiger partial charge in [-0.3, -0.25) is 9.69 Å². The molecule has 0 aromatic rings. The number of ether oxygens (including phenoxy) is 3. The van der Waals surface area contributed by atoms with Crippen molar-refractivity contribution >= 4 is 5.97 Å². The third-order valence-electron chi connectivity index (χ3n) is 3.77. The fourth-order valence-corrected chi connectivity index (χ4v) is 2.62. The lowest BCUT2D eigenvalue weighted by Crippen LogP contribution is -2.41. The molecule has 1 rings (SSSR count). The van der Waals surface area contributed by atoms with Gasteiger partial charge in [-0.05, 0) is 25.8 Å². The van der Waals surface area contributed by atoms with Crippen molar-refractivity contribution in [3.63, 3.8) is 0 Å². The van der Waals surface area contributed by atoms with E-state index in [1.165, 1.54) is 12.8 Å². The van der Waals surface area contributed by atoms with E-state index in [0.717, 1.165) is 25.9 Å². The summed E-state index contributed by atoms with van der Waals surface area (Å²) < 4.78 is 15.8. The molecule has 0 aromatic carbocycles. The van der Waals surface area contributed by atoms with E-state index >= 15 is 0 Å². The average Bonchev–Trinajstić information content (AvgIpc) is 2.48. The zero-order valence-electron chi connectivity index (χ0n) is 13.1. The lowest BCUT2D eigenvalue weighted by Gasteiger charge is -2.35. The maximum absolute atomic E-state index is 10.7. The second-order valence-electron chi connectivity index (χ2n) is 5.34. The normalized spacial score (nSPS) is 19.8. The minimum atomic E-state index is -0.704. The Kier molecular flexibility index (Phi) is 10.4. The van der Waals surface area contributed by atoms with Gasteiger partial charge in [0.15, 0.2) is 0 Å². The van der Waals surface area contributed by atoms with E-state index in [1.807, 2.05) is 0 Å². The highest BCUT2D eigenvalue weighted by Gasteiger charge is 2.22. The summed E-state index contributed by atoms with van der Waals surface area (Å²) in [5, 5.41) is 8.80. The second kappa shape index (κ2) is 11.9. The van der Waals surface area contributed by atoms with Crippen LogP contribution in [0.5, 0.6) is 0 Å². The smallest absolute Gasteiger partial charge is 0.303 e. The SMILES string of the molecule is COCCOCCOCCN1CCCCC1CCC(=O)O. The minimum Gasteiger partial charge on any atom is -0.481 e. The van der Waals surface area contributed by atoms with Crippen LogP contribution >= 0.6 is 0 Å². The summed E-state index contributed by atoms with van der Waals surface area (Å²) in [4.78, 5) is 13.1. The Labute approximate surface area is 127 Å². The number of hydrogen-bond acceptors (Lipinski definition) is 5. The number of aliphatic carboxylic acids is 1. The molecule has 1 aliphatic rings. The van der Waals surface area contributed by atoms with Gasteiger partial charge in [0.25, 0.3) is 0 Å². The van der Waals surface area contributed by atoms with Crippen molar-refractivity contribution in [2.75, 3.05) is 53.2 Å². The number of rotatable bonds is 12. The first kappa shape index (κ1) is 18.4. The van der Waals surface area contributed by atoms with E-state index in [2.05, 4.69) is 4.90 Å². The van der Waals surface area contributed by atoms with E-state index < -0.39 is 5.97 Å². The van der Waals surface area contributed by atoms with Gasteiger partial charge in [0.05, 0.1) is 33.0 Å². The molecule has 6 heteroatoms. The number of nitrogens with zero attached hydrogens (tertiary/aromatic N) is 1. The van der Waals surface area contributed by atoms with E-state index in [1.54, 1.807) is 7.11 Å². The van der Waals surface area contributed by atoms with Crippen LogP contribution in [-0.4, -0.2) is 75.3 Å². The molecule has 1 atom stereocenters. The first-order chi connectivity index (χ1) is 10.2. The molecule has 6 nitrogen and oxygen atoms in total. The first-order valence-electron chi connectivity index (χ1n) is 7.84. The van der Waals surface area contributed by atoms with Crippen LogP contribution in [0.4, 0.5) is 0 Å². The zero-order chi connectivity index (χ0) is 15.3. The summed E-state index contributed by atoms with van der Waals surface area (Å²) in [6.07, 6.45) is 4.51. The quantitative estimate of drug-likeness (QED) is 0.549. The molecule has 124 valence electrons. The molecule has 0 bridgehead atoms. The van der Waals surface area contributed by atoms with Gasteiger partial charge in [0, 0.05) is 26.1 Å². The highest BCUT2D eigenvalue weighted by molar-refractivity contribution is 5.66. The van der Waals surface area contributed by atoms with Crippen molar-refractivity contribution in [3.8, 4) is 0 Å². The second-order valence-corrected chi connectivity index (χ2v) is 5.34. The third-order valence-corrected chi connectivity index (χ3v) is 3.77. The number of carboxylic acid groups (broad SMARTS) is 1. The highest BCUT2D eigenvalue weighted by Crippen LogP contribution is 2.20. The molecular weight excluding hydrogens is 274 g/mol. The van der Waals surface area contributed by atoms with Gasteiger partial charge in [0.1, 0.15) is 0 Å². The van der Waals surface area contributed by atoms with E-state index in [4.69, 9.17) is 19.3 Å². The summed E-state index contributed by atoms with van der Waals surface area (Å²) in [5.41, 5.74) is 0. The number of likely N-dealkylation sites (tertiary alicyclic amines) is 1. The predicted octanol–water partition coefficient (Wildman–Crippen LogP) is 1.39. The molecule has 0 spiro atoms. The lowest BCUT2D eigenvalue weighted by molar-refractivity contribution is -0.137. The molecule has 1 unspecified atom stereocenters. The molecule has 1 fully saturated rings.